The minimum Gasteiger partial charge on any atom is -0.387 e. The molecule has 1 N–H and O–H groups in total. The fourth-order valence-corrected chi connectivity index (χ4v) is 2.54. The Morgan fingerprint density at radius 1 is 1.56 bits per heavy atom. The highest BCUT2D eigenvalue weighted by atomic mass is 32.2. The van der Waals surface area contributed by atoms with Crippen LogP contribution in [0.25, 0.3) is 0 Å². The van der Waals surface area contributed by atoms with E-state index in [0.29, 0.717) is 17.8 Å². The van der Waals surface area contributed by atoms with Gasteiger partial charge in [-0.15, -0.1) is 11.3 Å². The van der Waals surface area contributed by atoms with Crippen LogP contribution in [0.15, 0.2) is 6.20 Å². The van der Waals surface area contributed by atoms with Gasteiger partial charge in [-0.3, -0.25) is 0 Å². The average molecular weight is 271 g/mol. The van der Waals surface area contributed by atoms with Gasteiger partial charge >= 0.3 is 6.18 Å². The van der Waals surface area contributed by atoms with Gasteiger partial charge in [-0.25, -0.2) is 4.98 Å². The summed E-state index contributed by atoms with van der Waals surface area (Å²) in [5.74, 6) is 1.67. The molecule has 1 aromatic rings. The summed E-state index contributed by atoms with van der Waals surface area (Å²) in [6.07, 6.45) is -3.69. The summed E-state index contributed by atoms with van der Waals surface area (Å²) in [7, 11) is 0. The Morgan fingerprint density at radius 3 is 2.75 bits per heavy atom. The van der Waals surface area contributed by atoms with Gasteiger partial charge in [0.1, 0.15) is 0 Å². The van der Waals surface area contributed by atoms with E-state index in [1.54, 1.807) is 11.8 Å². The highest BCUT2D eigenvalue weighted by Gasteiger charge is 2.35. The number of nitrogens with zero attached hydrogens (tertiary/aromatic N) is 1. The lowest BCUT2D eigenvalue weighted by atomic mass is 10.2. The van der Waals surface area contributed by atoms with E-state index in [4.69, 9.17) is 0 Å². The van der Waals surface area contributed by atoms with Gasteiger partial charge in [0.15, 0.2) is 5.01 Å². The van der Waals surface area contributed by atoms with Crippen LogP contribution in [0.3, 0.4) is 0 Å². The molecule has 1 atom stereocenters. The Bertz CT molecular complexity index is 327. The van der Waals surface area contributed by atoms with E-state index in [2.05, 4.69) is 4.98 Å². The molecule has 0 aliphatic heterocycles. The summed E-state index contributed by atoms with van der Waals surface area (Å²) in [5, 5.41) is 8.72. The molecule has 0 fully saturated rings. The van der Waals surface area contributed by atoms with Crippen molar-refractivity contribution in [3.63, 3.8) is 0 Å². The van der Waals surface area contributed by atoms with E-state index in [9.17, 15) is 18.3 Å². The standard InChI is InChI=1S/C9H12F3NOS2/c1-2-15-4-3-6(14)7-5-13-8(16-7)9(10,11)12/h5-6,14H,2-4H2,1H3. The molecule has 92 valence electrons. The molecule has 1 heterocycles. The zero-order chi connectivity index (χ0) is 12.2. The van der Waals surface area contributed by atoms with E-state index in [1.165, 1.54) is 0 Å². The van der Waals surface area contributed by atoms with Crippen molar-refractivity contribution in [2.75, 3.05) is 11.5 Å². The fourth-order valence-electron chi connectivity index (χ4n) is 1.05. The van der Waals surface area contributed by atoms with Crippen molar-refractivity contribution >= 4 is 23.1 Å². The Balaban J connectivity index is 2.56. The second-order valence-corrected chi connectivity index (χ2v) is 5.52. The summed E-state index contributed by atoms with van der Waals surface area (Å²) in [6, 6.07) is 0. The van der Waals surface area contributed by atoms with Crippen molar-refractivity contribution in [2.24, 2.45) is 0 Å². The number of hydrogen-bond donors (Lipinski definition) is 1. The fraction of sp³-hybridized carbons (Fsp3) is 0.667. The quantitative estimate of drug-likeness (QED) is 0.834. The lowest BCUT2D eigenvalue weighted by molar-refractivity contribution is -0.137. The van der Waals surface area contributed by atoms with Crippen LogP contribution in [-0.2, 0) is 6.18 Å². The number of thiazole rings is 1. The van der Waals surface area contributed by atoms with Crippen LogP contribution >= 0.6 is 23.1 Å². The molecule has 0 bridgehead atoms. The predicted molar refractivity (Wildman–Crippen MR) is 59.7 cm³/mol. The van der Waals surface area contributed by atoms with Crippen molar-refractivity contribution in [3.8, 4) is 0 Å². The number of aromatic nitrogens is 1. The van der Waals surface area contributed by atoms with Gasteiger partial charge in [0.2, 0.25) is 0 Å². The molecular weight excluding hydrogens is 259 g/mol. The Kier molecular flexibility index (Phi) is 5.07. The number of thioether (sulfide) groups is 1. The number of halogens is 3. The Morgan fingerprint density at radius 2 is 2.25 bits per heavy atom. The van der Waals surface area contributed by atoms with E-state index in [0.717, 1.165) is 17.7 Å². The minimum absolute atomic E-state index is 0.282. The molecule has 1 rings (SSSR count). The molecular formula is C9H12F3NOS2. The zero-order valence-electron chi connectivity index (χ0n) is 8.62. The third-order valence-electron chi connectivity index (χ3n) is 1.83. The largest absolute Gasteiger partial charge is 0.443 e. The molecule has 1 unspecified atom stereocenters. The summed E-state index contributed by atoms with van der Waals surface area (Å²) < 4.78 is 36.7. The molecule has 0 aromatic carbocycles. The van der Waals surface area contributed by atoms with Crippen LogP contribution in [0, 0.1) is 0 Å². The van der Waals surface area contributed by atoms with Crippen molar-refractivity contribution in [1.82, 2.24) is 4.98 Å². The van der Waals surface area contributed by atoms with Crippen molar-refractivity contribution in [1.29, 1.82) is 0 Å². The number of rotatable bonds is 5. The number of aliphatic hydroxyl groups excluding tert-OH is 1. The normalized spacial score (nSPS) is 14.1. The number of hydrogen-bond acceptors (Lipinski definition) is 4. The smallest absolute Gasteiger partial charge is 0.387 e. The van der Waals surface area contributed by atoms with E-state index in [1.807, 2.05) is 6.92 Å². The third-order valence-corrected chi connectivity index (χ3v) is 3.91. The monoisotopic (exact) mass is 271 g/mol. The molecule has 0 saturated carbocycles. The van der Waals surface area contributed by atoms with Crippen LogP contribution in [0.1, 0.15) is 29.3 Å². The van der Waals surface area contributed by atoms with Crippen molar-refractivity contribution in [2.45, 2.75) is 25.6 Å². The second-order valence-electron chi connectivity index (χ2n) is 3.07. The minimum atomic E-state index is -4.42. The maximum Gasteiger partial charge on any atom is 0.443 e. The molecule has 0 amide bonds. The highest BCUT2D eigenvalue weighted by molar-refractivity contribution is 7.99. The first-order valence-electron chi connectivity index (χ1n) is 4.74. The zero-order valence-corrected chi connectivity index (χ0v) is 10.3. The first-order chi connectivity index (χ1) is 7.45. The molecule has 0 radical (unpaired) electrons. The van der Waals surface area contributed by atoms with Gasteiger partial charge in [-0.05, 0) is 17.9 Å². The van der Waals surface area contributed by atoms with Crippen LogP contribution in [-0.4, -0.2) is 21.6 Å². The van der Waals surface area contributed by atoms with Gasteiger partial charge in [0.25, 0.3) is 0 Å². The third kappa shape index (κ3) is 3.95. The SMILES string of the molecule is CCSCCC(O)c1cnc(C(F)(F)F)s1. The molecule has 1 aromatic heterocycles. The van der Waals surface area contributed by atoms with E-state index in [-0.39, 0.29) is 4.88 Å². The van der Waals surface area contributed by atoms with Crippen molar-refractivity contribution < 1.29 is 18.3 Å². The van der Waals surface area contributed by atoms with E-state index < -0.39 is 17.3 Å². The lowest BCUT2D eigenvalue weighted by Crippen LogP contribution is -2.03. The topological polar surface area (TPSA) is 33.1 Å². The predicted octanol–water partition coefficient (Wildman–Crippen LogP) is 3.34. The summed E-state index contributed by atoms with van der Waals surface area (Å²) >= 11 is 2.16. The van der Waals surface area contributed by atoms with Gasteiger partial charge in [-0.1, -0.05) is 6.92 Å². The van der Waals surface area contributed by atoms with Crippen LogP contribution in [0.4, 0.5) is 13.2 Å². The van der Waals surface area contributed by atoms with Gasteiger partial charge in [0.05, 0.1) is 11.0 Å². The average Bonchev–Trinajstić information content (AvgIpc) is 2.66. The maximum atomic E-state index is 12.2. The van der Waals surface area contributed by atoms with Gasteiger partial charge < -0.3 is 5.11 Å². The maximum absolute atomic E-state index is 12.2. The molecule has 0 spiro atoms. The Labute approximate surface area is 99.9 Å². The van der Waals surface area contributed by atoms with Crippen LogP contribution in [0.5, 0.6) is 0 Å². The van der Waals surface area contributed by atoms with E-state index >= 15 is 0 Å². The van der Waals surface area contributed by atoms with Gasteiger partial charge in [0, 0.05) is 6.20 Å². The summed E-state index contributed by atoms with van der Waals surface area (Å²) in [4.78, 5) is 3.54. The Hall–Kier alpha value is -0.270. The van der Waals surface area contributed by atoms with Crippen LogP contribution in [0.2, 0.25) is 0 Å². The molecule has 0 saturated heterocycles. The molecule has 2 nitrogen and oxygen atoms in total. The molecule has 16 heavy (non-hydrogen) atoms. The van der Waals surface area contributed by atoms with Gasteiger partial charge in [-0.2, -0.15) is 24.9 Å². The second kappa shape index (κ2) is 5.88. The summed E-state index contributed by atoms with van der Waals surface area (Å²) in [6.45, 7) is 1.99. The summed E-state index contributed by atoms with van der Waals surface area (Å²) in [5.41, 5.74) is 0. The highest BCUT2D eigenvalue weighted by Crippen LogP contribution is 2.35. The molecule has 0 aliphatic rings. The first kappa shape index (κ1) is 13.8. The number of alkyl halides is 3. The lowest BCUT2D eigenvalue weighted by Gasteiger charge is -2.06. The molecule has 7 heteroatoms. The first-order valence-corrected chi connectivity index (χ1v) is 6.71. The molecule has 0 aliphatic carbocycles. The van der Waals surface area contributed by atoms with Crippen molar-refractivity contribution in [3.05, 3.63) is 16.1 Å². The van der Waals surface area contributed by atoms with Crippen LogP contribution < -0.4 is 0 Å². The number of aliphatic hydroxyl groups is 1.